The molecule has 76 valence electrons. The van der Waals surface area contributed by atoms with Gasteiger partial charge >= 0.3 is 0 Å². The summed E-state index contributed by atoms with van der Waals surface area (Å²) in [6.07, 6.45) is 0.696. The number of ether oxygens (including phenoxy) is 1. The van der Waals surface area contributed by atoms with Crippen molar-refractivity contribution in [3.05, 3.63) is 29.1 Å². The van der Waals surface area contributed by atoms with E-state index in [0.29, 0.717) is 12.0 Å². The highest BCUT2D eigenvalue weighted by Crippen LogP contribution is 2.25. The lowest BCUT2D eigenvalue weighted by atomic mass is 10.0. The summed E-state index contributed by atoms with van der Waals surface area (Å²) in [6, 6.07) is 3.06. The standard InChI is InChI=1S/C11H13FO2/c1-4-8-5-9(7(2)13)11(14-3)10(12)6-8/h5-6H,4H2,1-3H3. The smallest absolute Gasteiger partial charge is 0.166 e. The molecule has 1 aromatic carbocycles. The summed E-state index contributed by atoms with van der Waals surface area (Å²) in [5, 5.41) is 0. The maximum Gasteiger partial charge on any atom is 0.166 e. The number of carbonyl (C=O) groups excluding carboxylic acids is 1. The lowest BCUT2D eigenvalue weighted by molar-refractivity contribution is 0.101. The van der Waals surface area contributed by atoms with E-state index < -0.39 is 5.82 Å². The molecule has 1 rings (SSSR count). The largest absolute Gasteiger partial charge is 0.493 e. The molecule has 0 unspecified atom stereocenters. The first-order valence-corrected chi connectivity index (χ1v) is 4.47. The van der Waals surface area contributed by atoms with Crippen LogP contribution in [0.5, 0.6) is 5.75 Å². The molecule has 0 heterocycles. The summed E-state index contributed by atoms with van der Waals surface area (Å²) in [5.41, 5.74) is 1.11. The fourth-order valence-electron chi connectivity index (χ4n) is 1.32. The van der Waals surface area contributed by atoms with Crippen LogP contribution in [0.4, 0.5) is 4.39 Å². The van der Waals surface area contributed by atoms with Crippen LogP contribution in [0.25, 0.3) is 0 Å². The number of ketones is 1. The Morgan fingerprint density at radius 1 is 1.50 bits per heavy atom. The van der Waals surface area contributed by atoms with Crippen LogP contribution >= 0.6 is 0 Å². The summed E-state index contributed by atoms with van der Waals surface area (Å²) in [5.74, 6) is -0.622. The van der Waals surface area contributed by atoms with Gasteiger partial charge in [-0.1, -0.05) is 6.92 Å². The molecule has 1 aromatic rings. The zero-order valence-corrected chi connectivity index (χ0v) is 8.56. The van der Waals surface area contributed by atoms with E-state index in [1.807, 2.05) is 6.92 Å². The number of carbonyl (C=O) groups is 1. The summed E-state index contributed by atoms with van der Waals surface area (Å²) in [6.45, 7) is 3.31. The average Bonchev–Trinajstić information content (AvgIpc) is 2.16. The van der Waals surface area contributed by atoms with Crippen molar-refractivity contribution in [2.24, 2.45) is 0 Å². The number of hydrogen-bond acceptors (Lipinski definition) is 2. The summed E-state index contributed by atoms with van der Waals surface area (Å²) in [7, 11) is 1.36. The van der Waals surface area contributed by atoms with Crippen LogP contribution in [-0.4, -0.2) is 12.9 Å². The zero-order chi connectivity index (χ0) is 10.7. The SMILES string of the molecule is CCc1cc(F)c(OC)c(C(C)=O)c1. The first-order chi connectivity index (χ1) is 6.60. The first kappa shape index (κ1) is 10.7. The summed E-state index contributed by atoms with van der Waals surface area (Å²) >= 11 is 0. The molecule has 0 saturated heterocycles. The van der Waals surface area contributed by atoms with E-state index in [1.165, 1.54) is 20.1 Å². The number of benzene rings is 1. The van der Waals surface area contributed by atoms with Crippen molar-refractivity contribution in [2.75, 3.05) is 7.11 Å². The lowest BCUT2D eigenvalue weighted by Gasteiger charge is -2.08. The van der Waals surface area contributed by atoms with Crippen molar-refractivity contribution >= 4 is 5.78 Å². The number of rotatable bonds is 3. The molecule has 0 atom stereocenters. The second-order valence-corrected chi connectivity index (χ2v) is 3.07. The van der Waals surface area contributed by atoms with Crippen LogP contribution in [-0.2, 0) is 6.42 Å². The molecule has 0 aliphatic carbocycles. The van der Waals surface area contributed by atoms with Crippen LogP contribution < -0.4 is 4.74 Å². The Morgan fingerprint density at radius 2 is 2.14 bits per heavy atom. The molecule has 0 amide bonds. The van der Waals surface area contributed by atoms with Crippen LogP contribution in [0.3, 0.4) is 0 Å². The lowest BCUT2D eigenvalue weighted by Crippen LogP contribution is -2.01. The third-order valence-corrected chi connectivity index (χ3v) is 2.10. The zero-order valence-electron chi connectivity index (χ0n) is 8.56. The van der Waals surface area contributed by atoms with Gasteiger partial charge in [-0.3, -0.25) is 4.79 Å². The Hall–Kier alpha value is -1.38. The fourth-order valence-corrected chi connectivity index (χ4v) is 1.32. The number of hydrogen-bond donors (Lipinski definition) is 0. The van der Waals surface area contributed by atoms with Crippen LogP contribution in [0, 0.1) is 5.82 Å². The number of aryl methyl sites for hydroxylation is 1. The summed E-state index contributed by atoms with van der Waals surface area (Å²) < 4.78 is 18.2. The van der Waals surface area contributed by atoms with Crippen molar-refractivity contribution in [1.82, 2.24) is 0 Å². The van der Waals surface area contributed by atoms with Crippen molar-refractivity contribution < 1.29 is 13.9 Å². The normalized spacial score (nSPS) is 10.0. The molecule has 0 bridgehead atoms. The van der Waals surface area contributed by atoms with E-state index in [4.69, 9.17) is 4.74 Å². The van der Waals surface area contributed by atoms with Gasteiger partial charge in [-0.15, -0.1) is 0 Å². The maximum atomic E-state index is 13.4. The Kier molecular flexibility index (Phi) is 3.23. The van der Waals surface area contributed by atoms with Gasteiger partial charge in [0.15, 0.2) is 17.3 Å². The van der Waals surface area contributed by atoms with Gasteiger partial charge in [-0.25, -0.2) is 4.39 Å². The molecule has 0 aliphatic rings. The Balaban J connectivity index is 3.35. The van der Waals surface area contributed by atoms with E-state index >= 15 is 0 Å². The Morgan fingerprint density at radius 3 is 2.57 bits per heavy atom. The van der Waals surface area contributed by atoms with Gasteiger partial charge in [0, 0.05) is 0 Å². The average molecular weight is 196 g/mol. The van der Waals surface area contributed by atoms with E-state index in [1.54, 1.807) is 6.07 Å². The van der Waals surface area contributed by atoms with E-state index in [-0.39, 0.29) is 11.5 Å². The quantitative estimate of drug-likeness (QED) is 0.694. The Labute approximate surface area is 82.7 Å². The van der Waals surface area contributed by atoms with Gasteiger partial charge in [0.25, 0.3) is 0 Å². The molecule has 14 heavy (non-hydrogen) atoms. The molecule has 0 radical (unpaired) electrons. The molecule has 0 spiro atoms. The highest BCUT2D eigenvalue weighted by atomic mass is 19.1. The van der Waals surface area contributed by atoms with Gasteiger partial charge < -0.3 is 4.74 Å². The minimum absolute atomic E-state index is 0.0368. The monoisotopic (exact) mass is 196 g/mol. The number of methoxy groups -OCH3 is 1. The highest BCUT2D eigenvalue weighted by molar-refractivity contribution is 5.97. The minimum Gasteiger partial charge on any atom is -0.493 e. The Bertz CT molecular complexity index is 359. The number of Topliss-reactive ketones (excluding diaryl/α,β-unsaturated/α-hetero) is 1. The van der Waals surface area contributed by atoms with Crippen LogP contribution in [0.1, 0.15) is 29.8 Å². The van der Waals surface area contributed by atoms with Gasteiger partial charge in [-0.2, -0.15) is 0 Å². The molecule has 2 nitrogen and oxygen atoms in total. The minimum atomic E-state index is -0.475. The van der Waals surface area contributed by atoms with Crippen LogP contribution in [0.15, 0.2) is 12.1 Å². The van der Waals surface area contributed by atoms with Crippen molar-refractivity contribution in [3.63, 3.8) is 0 Å². The van der Waals surface area contributed by atoms with Gasteiger partial charge in [0.2, 0.25) is 0 Å². The molecule has 0 aromatic heterocycles. The molecular formula is C11H13FO2. The second kappa shape index (κ2) is 4.22. The highest BCUT2D eigenvalue weighted by Gasteiger charge is 2.14. The third kappa shape index (κ3) is 1.92. The van der Waals surface area contributed by atoms with E-state index in [0.717, 1.165) is 5.56 Å². The predicted molar refractivity (Wildman–Crippen MR) is 52.3 cm³/mol. The van der Waals surface area contributed by atoms with Crippen molar-refractivity contribution in [2.45, 2.75) is 20.3 Å². The maximum absolute atomic E-state index is 13.4. The molecule has 0 aliphatic heterocycles. The third-order valence-electron chi connectivity index (χ3n) is 2.10. The van der Waals surface area contributed by atoms with Crippen molar-refractivity contribution in [3.8, 4) is 5.75 Å². The van der Waals surface area contributed by atoms with E-state index in [2.05, 4.69) is 0 Å². The van der Waals surface area contributed by atoms with Gasteiger partial charge in [-0.05, 0) is 31.0 Å². The van der Waals surface area contributed by atoms with Crippen molar-refractivity contribution in [1.29, 1.82) is 0 Å². The topological polar surface area (TPSA) is 26.3 Å². The molecular weight excluding hydrogens is 183 g/mol. The molecule has 0 fully saturated rings. The predicted octanol–water partition coefficient (Wildman–Crippen LogP) is 2.60. The molecule has 0 N–H and O–H groups in total. The van der Waals surface area contributed by atoms with Gasteiger partial charge in [0.1, 0.15) is 0 Å². The first-order valence-electron chi connectivity index (χ1n) is 4.47. The van der Waals surface area contributed by atoms with Gasteiger partial charge in [0.05, 0.1) is 12.7 Å². The fraction of sp³-hybridized carbons (Fsp3) is 0.364. The van der Waals surface area contributed by atoms with Crippen LogP contribution in [0.2, 0.25) is 0 Å². The number of halogens is 1. The molecule has 0 saturated carbocycles. The van der Waals surface area contributed by atoms with E-state index in [9.17, 15) is 9.18 Å². The summed E-state index contributed by atoms with van der Waals surface area (Å²) in [4.78, 5) is 11.2. The molecule has 3 heteroatoms. The second-order valence-electron chi connectivity index (χ2n) is 3.07.